The number of amides is 1. The molecule has 4 nitrogen and oxygen atoms in total. The Morgan fingerprint density at radius 3 is 2.60 bits per heavy atom. The molecule has 0 saturated carbocycles. The number of carbonyl (C=O) groups excluding carboxylic acids is 1. The van der Waals surface area contributed by atoms with E-state index in [0.29, 0.717) is 25.5 Å². The summed E-state index contributed by atoms with van der Waals surface area (Å²) >= 11 is 0. The van der Waals surface area contributed by atoms with Crippen LogP contribution in [0.3, 0.4) is 0 Å². The molecule has 0 aliphatic rings. The van der Waals surface area contributed by atoms with Gasteiger partial charge in [0.1, 0.15) is 11.6 Å². The second-order valence-electron chi connectivity index (χ2n) is 4.71. The molecule has 1 unspecified atom stereocenters. The molecule has 0 bridgehead atoms. The number of benzene rings is 1. The highest BCUT2D eigenvalue weighted by atomic mass is 19.1. The summed E-state index contributed by atoms with van der Waals surface area (Å²) < 4.78 is 26.0. The first-order chi connectivity index (χ1) is 9.40. The lowest BCUT2D eigenvalue weighted by atomic mass is 10.0. The molecular weight excluding hydrogens is 268 g/mol. The van der Waals surface area contributed by atoms with Gasteiger partial charge in [0.2, 0.25) is 0 Å². The van der Waals surface area contributed by atoms with E-state index in [1.165, 1.54) is 0 Å². The van der Waals surface area contributed by atoms with E-state index in [0.717, 1.165) is 12.1 Å². The predicted octanol–water partition coefficient (Wildman–Crippen LogP) is 2.59. The molecule has 1 rings (SSSR count). The molecular formula is C14H17F2NO3. The van der Waals surface area contributed by atoms with Crippen LogP contribution in [0.2, 0.25) is 0 Å². The Bertz CT molecular complexity index is 491. The predicted molar refractivity (Wildman–Crippen MR) is 69.3 cm³/mol. The van der Waals surface area contributed by atoms with Gasteiger partial charge in [-0.1, -0.05) is 6.92 Å². The van der Waals surface area contributed by atoms with E-state index in [2.05, 4.69) is 5.32 Å². The minimum atomic E-state index is -0.901. The Kier molecular flexibility index (Phi) is 6.09. The maximum atomic E-state index is 13.3. The molecule has 1 aromatic carbocycles. The number of carboxylic acid groups (broad SMARTS) is 1. The molecule has 0 aliphatic carbocycles. The van der Waals surface area contributed by atoms with Crippen LogP contribution in [0.25, 0.3) is 0 Å². The SMILES string of the molecule is CC(CCNC(=O)c1ccc(F)cc1F)CCC(=O)O. The Morgan fingerprint density at radius 1 is 1.30 bits per heavy atom. The Balaban J connectivity index is 2.38. The molecule has 0 aliphatic heterocycles. The zero-order valence-electron chi connectivity index (χ0n) is 11.2. The largest absolute Gasteiger partial charge is 0.481 e. The average Bonchev–Trinajstić information content (AvgIpc) is 2.36. The highest BCUT2D eigenvalue weighted by molar-refractivity contribution is 5.94. The molecule has 1 amide bonds. The Labute approximate surface area is 115 Å². The van der Waals surface area contributed by atoms with Crippen molar-refractivity contribution in [3.05, 3.63) is 35.4 Å². The van der Waals surface area contributed by atoms with Crippen molar-refractivity contribution in [2.75, 3.05) is 6.54 Å². The number of rotatable bonds is 7. The summed E-state index contributed by atoms with van der Waals surface area (Å²) in [6.07, 6.45) is 1.21. The van der Waals surface area contributed by atoms with Crippen molar-refractivity contribution < 1.29 is 23.5 Å². The van der Waals surface area contributed by atoms with E-state index in [1.807, 2.05) is 6.92 Å². The summed E-state index contributed by atoms with van der Waals surface area (Å²) in [5.74, 6) is -2.95. The lowest BCUT2D eigenvalue weighted by Crippen LogP contribution is -2.26. The van der Waals surface area contributed by atoms with Crippen LogP contribution in [0.4, 0.5) is 8.78 Å². The number of nitrogens with one attached hydrogen (secondary N) is 1. The van der Waals surface area contributed by atoms with Crippen LogP contribution < -0.4 is 5.32 Å². The van der Waals surface area contributed by atoms with Crippen molar-refractivity contribution in [2.45, 2.75) is 26.2 Å². The second kappa shape index (κ2) is 7.57. The van der Waals surface area contributed by atoms with Gasteiger partial charge in [-0.05, 0) is 30.9 Å². The minimum Gasteiger partial charge on any atom is -0.481 e. The van der Waals surface area contributed by atoms with Gasteiger partial charge in [0.25, 0.3) is 5.91 Å². The first-order valence-corrected chi connectivity index (χ1v) is 6.35. The number of hydrogen-bond acceptors (Lipinski definition) is 2. The smallest absolute Gasteiger partial charge is 0.303 e. The number of carboxylic acids is 1. The molecule has 0 saturated heterocycles. The molecule has 20 heavy (non-hydrogen) atoms. The highest BCUT2D eigenvalue weighted by Gasteiger charge is 2.12. The number of halogens is 2. The van der Waals surface area contributed by atoms with E-state index in [1.54, 1.807) is 0 Å². The molecule has 2 N–H and O–H groups in total. The topological polar surface area (TPSA) is 66.4 Å². The van der Waals surface area contributed by atoms with Crippen LogP contribution in [0, 0.1) is 17.6 Å². The van der Waals surface area contributed by atoms with E-state index in [4.69, 9.17) is 5.11 Å². The van der Waals surface area contributed by atoms with Crippen LogP contribution in [0.1, 0.15) is 36.5 Å². The number of hydrogen-bond donors (Lipinski definition) is 2. The number of aliphatic carboxylic acids is 1. The zero-order valence-corrected chi connectivity index (χ0v) is 11.2. The van der Waals surface area contributed by atoms with Crippen LogP contribution in [0.15, 0.2) is 18.2 Å². The summed E-state index contributed by atoms with van der Waals surface area (Å²) in [6, 6.07) is 2.77. The monoisotopic (exact) mass is 285 g/mol. The van der Waals surface area contributed by atoms with E-state index < -0.39 is 23.5 Å². The second-order valence-corrected chi connectivity index (χ2v) is 4.71. The molecule has 1 aromatic rings. The Morgan fingerprint density at radius 2 is 2.00 bits per heavy atom. The van der Waals surface area contributed by atoms with Crippen LogP contribution >= 0.6 is 0 Å². The van der Waals surface area contributed by atoms with Crippen molar-refractivity contribution in [1.82, 2.24) is 5.32 Å². The summed E-state index contributed by atoms with van der Waals surface area (Å²) in [5, 5.41) is 11.1. The normalized spacial score (nSPS) is 11.9. The van der Waals surface area contributed by atoms with Crippen molar-refractivity contribution in [1.29, 1.82) is 0 Å². The van der Waals surface area contributed by atoms with Gasteiger partial charge < -0.3 is 10.4 Å². The third-order valence-corrected chi connectivity index (χ3v) is 2.95. The molecule has 6 heteroatoms. The van der Waals surface area contributed by atoms with Gasteiger partial charge in [0.15, 0.2) is 0 Å². The summed E-state index contributed by atoms with van der Waals surface area (Å²) in [4.78, 5) is 22.1. The van der Waals surface area contributed by atoms with Gasteiger partial charge in [-0.3, -0.25) is 9.59 Å². The van der Waals surface area contributed by atoms with Crippen LogP contribution in [0.5, 0.6) is 0 Å². The minimum absolute atomic E-state index is 0.0850. The fourth-order valence-corrected chi connectivity index (χ4v) is 1.72. The average molecular weight is 285 g/mol. The molecule has 0 radical (unpaired) electrons. The van der Waals surface area contributed by atoms with Crippen molar-refractivity contribution in [3.8, 4) is 0 Å². The first-order valence-electron chi connectivity index (χ1n) is 6.35. The van der Waals surface area contributed by atoms with Gasteiger partial charge in [-0.25, -0.2) is 8.78 Å². The summed E-state index contributed by atoms with van der Waals surface area (Å²) in [7, 11) is 0. The van der Waals surface area contributed by atoms with Crippen molar-refractivity contribution in [3.63, 3.8) is 0 Å². The Hall–Kier alpha value is -1.98. The maximum Gasteiger partial charge on any atom is 0.303 e. The molecule has 0 heterocycles. The van der Waals surface area contributed by atoms with Gasteiger partial charge in [-0.2, -0.15) is 0 Å². The lowest BCUT2D eigenvalue weighted by Gasteiger charge is -2.11. The van der Waals surface area contributed by atoms with E-state index >= 15 is 0 Å². The van der Waals surface area contributed by atoms with Crippen LogP contribution in [-0.2, 0) is 4.79 Å². The van der Waals surface area contributed by atoms with Gasteiger partial charge >= 0.3 is 5.97 Å². The van der Waals surface area contributed by atoms with Crippen molar-refractivity contribution >= 4 is 11.9 Å². The maximum absolute atomic E-state index is 13.3. The highest BCUT2D eigenvalue weighted by Crippen LogP contribution is 2.11. The fourth-order valence-electron chi connectivity index (χ4n) is 1.72. The van der Waals surface area contributed by atoms with E-state index in [9.17, 15) is 18.4 Å². The molecule has 0 aromatic heterocycles. The standard InChI is InChI=1S/C14H17F2NO3/c1-9(2-5-13(18)19)6-7-17-14(20)11-4-3-10(15)8-12(11)16/h3-4,8-9H,2,5-7H2,1H3,(H,17,20)(H,18,19). The van der Waals surface area contributed by atoms with E-state index in [-0.39, 0.29) is 17.9 Å². The van der Waals surface area contributed by atoms with Gasteiger partial charge in [-0.15, -0.1) is 0 Å². The van der Waals surface area contributed by atoms with Crippen LogP contribution in [-0.4, -0.2) is 23.5 Å². The quantitative estimate of drug-likeness (QED) is 0.809. The summed E-state index contributed by atoms with van der Waals surface area (Å²) in [5.41, 5.74) is -0.204. The molecule has 0 spiro atoms. The first kappa shape index (κ1) is 16.1. The van der Waals surface area contributed by atoms with Crippen molar-refractivity contribution in [2.24, 2.45) is 5.92 Å². The van der Waals surface area contributed by atoms with Gasteiger partial charge in [0, 0.05) is 19.0 Å². The molecule has 110 valence electrons. The molecule has 0 fully saturated rings. The fraction of sp³-hybridized carbons (Fsp3) is 0.429. The third kappa shape index (κ3) is 5.34. The zero-order chi connectivity index (χ0) is 15.1. The lowest BCUT2D eigenvalue weighted by molar-refractivity contribution is -0.137. The molecule has 1 atom stereocenters. The third-order valence-electron chi connectivity index (χ3n) is 2.95. The number of carbonyl (C=O) groups is 2. The van der Waals surface area contributed by atoms with Gasteiger partial charge in [0.05, 0.1) is 5.56 Å². The summed E-state index contributed by atoms with van der Waals surface area (Å²) in [6.45, 7) is 2.20.